The van der Waals surface area contributed by atoms with E-state index in [2.05, 4.69) is 26.4 Å². The van der Waals surface area contributed by atoms with Crippen LogP contribution in [0.4, 0.5) is 0 Å². The Morgan fingerprint density at radius 1 is 1.11 bits per heavy atom. The van der Waals surface area contributed by atoms with Gasteiger partial charge >= 0.3 is 0 Å². The summed E-state index contributed by atoms with van der Waals surface area (Å²) in [6, 6.07) is 7.74. The first-order valence-electron chi connectivity index (χ1n) is 9.76. The molecule has 0 bridgehead atoms. The van der Waals surface area contributed by atoms with E-state index in [0.29, 0.717) is 11.5 Å². The Hall–Kier alpha value is -3.02. The van der Waals surface area contributed by atoms with Crippen molar-refractivity contribution in [2.75, 3.05) is 13.1 Å². The van der Waals surface area contributed by atoms with Crippen LogP contribution in [0.1, 0.15) is 34.6 Å². The van der Waals surface area contributed by atoms with E-state index in [1.54, 1.807) is 18.6 Å². The average Bonchev–Trinajstić information content (AvgIpc) is 3.09. The molecule has 3 aromatic rings. The Morgan fingerprint density at radius 2 is 1.93 bits per heavy atom. The van der Waals surface area contributed by atoms with E-state index in [0.717, 1.165) is 55.3 Å². The normalized spacial score (nSPS) is 16.9. The number of carbonyl (C=O) groups excluding carboxylic acids is 1. The Kier molecular flexibility index (Phi) is 5.19. The molecule has 0 spiro atoms. The summed E-state index contributed by atoms with van der Waals surface area (Å²) in [5, 5.41) is 0. The average molecular weight is 375 g/mol. The smallest absolute Gasteiger partial charge is 0.255 e. The number of imidazole rings is 1. The van der Waals surface area contributed by atoms with Crippen LogP contribution in [0.5, 0.6) is 0 Å². The Bertz CT molecular complexity index is 949. The third-order valence-corrected chi connectivity index (χ3v) is 5.40. The number of aryl methyl sites for hydroxylation is 2. The van der Waals surface area contributed by atoms with E-state index in [1.807, 2.05) is 42.3 Å². The highest BCUT2D eigenvalue weighted by molar-refractivity contribution is 5.94. The summed E-state index contributed by atoms with van der Waals surface area (Å²) in [6.07, 6.45) is 9.32. The van der Waals surface area contributed by atoms with Gasteiger partial charge in [0.05, 0.1) is 5.56 Å². The fourth-order valence-corrected chi connectivity index (χ4v) is 3.86. The number of piperidine rings is 1. The van der Waals surface area contributed by atoms with Crippen molar-refractivity contribution in [3.05, 3.63) is 66.0 Å². The van der Waals surface area contributed by atoms with Gasteiger partial charge < -0.3 is 9.47 Å². The largest absolute Gasteiger partial charge is 0.338 e. The zero-order valence-electron chi connectivity index (χ0n) is 16.4. The Morgan fingerprint density at radius 3 is 2.68 bits per heavy atom. The molecule has 144 valence electrons. The Labute approximate surface area is 165 Å². The number of nitrogens with zero attached hydrogens (tertiary/aromatic N) is 5. The highest BCUT2D eigenvalue weighted by Gasteiger charge is 2.26. The van der Waals surface area contributed by atoms with Gasteiger partial charge in [0.2, 0.25) is 0 Å². The van der Waals surface area contributed by atoms with Gasteiger partial charge in [-0.1, -0.05) is 0 Å². The van der Waals surface area contributed by atoms with Gasteiger partial charge in [-0.25, -0.2) is 4.98 Å². The van der Waals surface area contributed by atoms with Crippen LogP contribution < -0.4 is 0 Å². The molecule has 1 amide bonds. The number of aromatic nitrogens is 4. The number of amides is 1. The summed E-state index contributed by atoms with van der Waals surface area (Å²) in [4.78, 5) is 27.8. The standard InChI is InChI=1S/C22H25N5O/c1-16-5-6-20(13-24-16)22(28)26-11-3-4-18(14-26)15-27-17(2)12-25-21(27)19-7-9-23-10-8-19/h5-10,12-13,18H,3-4,11,14-15H2,1-2H3. The van der Waals surface area contributed by atoms with E-state index in [-0.39, 0.29) is 5.91 Å². The first kappa shape index (κ1) is 18.3. The summed E-state index contributed by atoms with van der Waals surface area (Å²) >= 11 is 0. The number of carbonyl (C=O) groups is 1. The zero-order valence-corrected chi connectivity index (χ0v) is 16.4. The first-order valence-corrected chi connectivity index (χ1v) is 9.76. The van der Waals surface area contributed by atoms with Crippen LogP contribution in [0.3, 0.4) is 0 Å². The van der Waals surface area contributed by atoms with E-state index in [1.165, 1.54) is 0 Å². The molecule has 1 unspecified atom stereocenters. The van der Waals surface area contributed by atoms with E-state index >= 15 is 0 Å². The molecule has 0 aliphatic carbocycles. The van der Waals surface area contributed by atoms with Crippen molar-refractivity contribution in [1.82, 2.24) is 24.4 Å². The van der Waals surface area contributed by atoms with Crippen molar-refractivity contribution in [1.29, 1.82) is 0 Å². The number of hydrogen-bond donors (Lipinski definition) is 0. The van der Waals surface area contributed by atoms with Crippen LogP contribution in [0.15, 0.2) is 49.1 Å². The van der Waals surface area contributed by atoms with Crippen molar-refractivity contribution >= 4 is 5.91 Å². The SMILES string of the molecule is Cc1ccc(C(=O)N2CCCC(Cn3c(C)cnc3-c3ccncc3)C2)cn1. The summed E-state index contributed by atoms with van der Waals surface area (Å²) in [5.41, 5.74) is 3.80. The van der Waals surface area contributed by atoms with Gasteiger partial charge in [0.25, 0.3) is 5.91 Å². The molecule has 0 aromatic carbocycles. The first-order chi connectivity index (χ1) is 13.6. The van der Waals surface area contributed by atoms with Crippen LogP contribution in [0.2, 0.25) is 0 Å². The predicted molar refractivity (Wildman–Crippen MR) is 108 cm³/mol. The van der Waals surface area contributed by atoms with E-state index in [9.17, 15) is 4.79 Å². The molecule has 3 aromatic heterocycles. The maximum atomic E-state index is 12.9. The number of pyridine rings is 2. The van der Waals surface area contributed by atoms with E-state index < -0.39 is 0 Å². The number of likely N-dealkylation sites (tertiary alicyclic amines) is 1. The van der Waals surface area contributed by atoms with Crippen molar-refractivity contribution in [2.24, 2.45) is 5.92 Å². The maximum Gasteiger partial charge on any atom is 0.255 e. The maximum absolute atomic E-state index is 12.9. The topological polar surface area (TPSA) is 63.9 Å². The van der Waals surface area contributed by atoms with Gasteiger partial charge in [0.1, 0.15) is 5.82 Å². The summed E-state index contributed by atoms with van der Waals surface area (Å²) < 4.78 is 2.27. The summed E-state index contributed by atoms with van der Waals surface area (Å²) in [5.74, 6) is 1.45. The summed E-state index contributed by atoms with van der Waals surface area (Å²) in [6.45, 7) is 6.45. The fourth-order valence-electron chi connectivity index (χ4n) is 3.86. The van der Waals surface area contributed by atoms with Crippen LogP contribution in [-0.2, 0) is 6.54 Å². The van der Waals surface area contributed by atoms with Crippen molar-refractivity contribution in [3.8, 4) is 11.4 Å². The molecular weight excluding hydrogens is 350 g/mol. The molecule has 1 saturated heterocycles. The lowest BCUT2D eigenvalue weighted by atomic mass is 9.97. The molecule has 28 heavy (non-hydrogen) atoms. The lowest BCUT2D eigenvalue weighted by Crippen LogP contribution is -2.41. The van der Waals surface area contributed by atoms with Crippen molar-refractivity contribution in [2.45, 2.75) is 33.2 Å². The van der Waals surface area contributed by atoms with Crippen LogP contribution >= 0.6 is 0 Å². The quantitative estimate of drug-likeness (QED) is 0.700. The van der Waals surface area contributed by atoms with Crippen molar-refractivity contribution < 1.29 is 4.79 Å². The van der Waals surface area contributed by atoms with Crippen molar-refractivity contribution in [3.63, 3.8) is 0 Å². The van der Waals surface area contributed by atoms with Crippen LogP contribution in [-0.4, -0.2) is 43.4 Å². The molecule has 4 heterocycles. The van der Waals surface area contributed by atoms with Gasteiger partial charge in [-0.3, -0.25) is 14.8 Å². The highest BCUT2D eigenvalue weighted by Crippen LogP contribution is 2.25. The molecule has 0 radical (unpaired) electrons. The van der Waals surface area contributed by atoms with Gasteiger partial charge in [0.15, 0.2) is 0 Å². The lowest BCUT2D eigenvalue weighted by molar-refractivity contribution is 0.0662. The molecule has 6 nitrogen and oxygen atoms in total. The molecule has 1 aliphatic rings. The van der Waals surface area contributed by atoms with Gasteiger partial charge in [-0.2, -0.15) is 0 Å². The summed E-state index contributed by atoms with van der Waals surface area (Å²) in [7, 11) is 0. The number of rotatable bonds is 4. The fraction of sp³-hybridized carbons (Fsp3) is 0.364. The van der Waals surface area contributed by atoms with Crippen LogP contribution in [0, 0.1) is 19.8 Å². The predicted octanol–water partition coefficient (Wildman–Crippen LogP) is 3.51. The molecular formula is C22H25N5O. The zero-order chi connectivity index (χ0) is 19.5. The minimum Gasteiger partial charge on any atom is -0.338 e. The molecule has 1 fully saturated rings. The molecule has 1 aliphatic heterocycles. The minimum absolute atomic E-state index is 0.0777. The minimum atomic E-state index is 0.0777. The molecule has 1 atom stereocenters. The van der Waals surface area contributed by atoms with Gasteiger partial charge in [-0.15, -0.1) is 0 Å². The van der Waals surface area contributed by atoms with Gasteiger partial charge in [0, 0.05) is 61.4 Å². The second-order valence-corrected chi connectivity index (χ2v) is 7.52. The lowest BCUT2D eigenvalue weighted by Gasteiger charge is -2.33. The second-order valence-electron chi connectivity index (χ2n) is 7.52. The molecule has 0 N–H and O–H groups in total. The third-order valence-electron chi connectivity index (χ3n) is 5.40. The molecule has 4 rings (SSSR count). The third kappa shape index (κ3) is 3.81. The monoisotopic (exact) mass is 375 g/mol. The van der Waals surface area contributed by atoms with Crippen LogP contribution in [0.25, 0.3) is 11.4 Å². The Balaban J connectivity index is 1.50. The highest BCUT2D eigenvalue weighted by atomic mass is 16.2. The number of hydrogen-bond acceptors (Lipinski definition) is 4. The second kappa shape index (κ2) is 7.92. The van der Waals surface area contributed by atoms with Gasteiger partial charge in [-0.05, 0) is 56.9 Å². The molecule has 6 heteroatoms. The molecule has 0 saturated carbocycles. The van der Waals surface area contributed by atoms with E-state index in [4.69, 9.17) is 0 Å².